The molecule has 0 atom stereocenters. The van der Waals surface area contributed by atoms with Crippen LogP contribution in [0.2, 0.25) is 0 Å². The zero-order valence-corrected chi connectivity index (χ0v) is 17.6. The van der Waals surface area contributed by atoms with E-state index >= 15 is 0 Å². The van der Waals surface area contributed by atoms with Gasteiger partial charge in [0.1, 0.15) is 0 Å². The van der Waals surface area contributed by atoms with Gasteiger partial charge in [-0.15, -0.1) is 0 Å². The van der Waals surface area contributed by atoms with Gasteiger partial charge < -0.3 is 20.4 Å². The molecule has 0 aromatic carbocycles. The van der Waals surface area contributed by atoms with Gasteiger partial charge in [0, 0.05) is 44.6 Å². The predicted octanol–water partition coefficient (Wildman–Crippen LogP) is 2.08. The third kappa shape index (κ3) is 7.47. The van der Waals surface area contributed by atoms with E-state index in [2.05, 4.69) is 32.3 Å². The lowest BCUT2D eigenvalue weighted by molar-refractivity contribution is -0.192. The molecule has 0 unspecified atom stereocenters. The first-order valence-electron chi connectivity index (χ1n) is 9.68. The number of nitrogens with one attached hydrogen (secondary N) is 1. The predicted molar refractivity (Wildman–Crippen MR) is 107 cm³/mol. The summed E-state index contributed by atoms with van der Waals surface area (Å²) in [4.78, 5) is 20.0. The van der Waals surface area contributed by atoms with Gasteiger partial charge in [-0.2, -0.15) is 18.3 Å². The highest BCUT2D eigenvalue weighted by Gasteiger charge is 2.38. The molecule has 0 aliphatic carbocycles. The molecule has 0 radical (unpaired) electrons. The van der Waals surface area contributed by atoms with Gasteiger partial charge in [0.15, 0.2) is 0 Å². The molecule has 1 aliphatic rings. The second-order valence-electron chi connectivity index (χ2n) is 7.57. The number of halogens is 3. The van der Waals surface area contributed by atoms with Crippen LogP contribution in [0.25, 0.3) is 11.3 Å². The van der Waals surface area contributed by atoms with E-state index in [0.29, 0.717) is 18.9 Å². The maximum atomic E-state index is 10.6. The maximum absolute atomic E-state index is 10.6. The van der Waals surface area contributed by atoms with Gasteiger partial charge in [-0.05, 0) is 39.3 Å². The average molecular weight is 444 g/mol. The van der Waals surface area contributed by atoms with E-state index in [1.807, 2.05) is 26.2 Å². The third-order valence-electron chi connectivity index (χ3n) is 4.98. The van der Waals surface area contributed by atoms with Gasteiger partial charge in [-0.25, -0.2) is 14.8 Å². The smallest absolute Gasteiger partial charge is 0.475 e. The number of nitrogens with zero attached hydrogens (tertiary/aromatic N) is 5. The van der Waals surface area contributed by atoms with Crippen LogP contribution in [0.15, 0.2) is 18.5 Å². The molecule has 1 fully saturated rings. The van der Waals surface area contributed by atoms with Crippen LogP contribution in [0.5, 0.6) is 0 Å². The Balaban J connectivity index is 0.000000423. The Morgan fingerprint density at radius 3 is 2.42 bits per heavy atom. The van der Waals surface area contributed by atoms with Crippen molar-refractivity contribution < 1.29 is 28.2 Å². The summed E-state index contributed by atoms with van der Waals surface area (Å²) in [5.74, 6) is -2.17. The van der Waals surface area contributed by atoms with Gasteiger partial charge in [-0.3, -0.25) is 4.68 Å². The van der Waals surface area contributed by atoms with Crippen LogP contribution in [0.3, 0.4) is 0 Å². The largest absolute Gasteiger partial charge is 0.490 e. The molecule has 172 valence electrons. The zero-order chi connectivity index (χ0) is 23.2. The Labute approximate surface area is 177 Å². The number of alkyl halides is 3. The van der Waals surface area contributed by atoms with Crippen LogP contribution < -0.4 is 5.32 Å². The highest BCUT2D eigenvalue weighted by atomic mass is 19.4. The number of rotatable bonds is 5. The average Bonchev–Trinajstić information content (AvgIpc) is 3.02. The molecule has 2 aromatic rings. The number of carboxylic acids is 1. The first kappa shape index (κ1) is 24.5. The molecule has 9 nitrogen and oxygen atoms in total. The number of carboxylic acid groups (broad SMARTS) is 1. The standard InChI is InChI=1S/C17H26N6O.C2HF3O2/c1-13-14(12-23(3)21-13)15-4-8-18-16(20-15)19-9-5-17(24)6-10-22(2)11-7-17;3-2(4,5)1(6)7/h4,8,12,24H,5-7,9-11H2,1-3H3,(H,18,19,20);(H,6,7). The number of anilines is 1. The zero-order valence-electron chi connectivity index (χ0n) is 17.6. The molecule has 1 aliphatic heterocycles. The lowest BCUT2D eigenvalue weighted by atomic mass is 9.88. The normalized spacial score (nSPS) is 16.4. The van der Waals surface area contributed by atoms with E-state index < -0.39 is 17.7 Å². The number of piperidine rings is 1. The quantitative estimate of drug-likeness (QED) is 0.642. The third-order valence-corrected chi connectivity index (χ3v) is 4.98. The lowest BCUT2D eigenvalue weighted by Gasteiger charge is -2.36. The number of likely N-dealkylation sites (tertiary alicyclic amines) is 1. The second-order valence-corrected chi connectivity index (χ2v) is 7.57. The maximum Gasteiger partial charge on any atom is 0.490 e. The molecule has 3 heterocycles. The van der Waals surface area contributed by atoms with Gasteiger partial charge in [0.25, 0.3) is 0 Å². The minimum atomic E-state index is -5.08. The highest BCUT2D eigenvalue weighted by molar-refractivity contribution is 5.73. The molecule has 0 spiro atoms. The van der Waals surface area contributed by atoms with Gasteiger partial charge in [-0.1, -0.05) is 0 Å². The summed E-state index contributed by atoms with van der Waals surface area (Å²) >= 11 is 0. The van der Waals surface area contributed by atoms with Crippen molar-refractivity contribution in [1.29, 1.82) is 0 Å². The van der Waals surface area contributed by atoms with Crippen molar-refractivity contribution in [1.82, 2.24) is 24.6 Å². The van der Waals surface area contributed by atoms with Crippen LogP contribution in [-0.4, -0.2) is 79.3 Å². The number of aliphatic hydroxyl groups is 1. The van der Waals surface area contributed by atoms with Gasteiger partial charge in [0.2, 0.25) is 5.95 Å². The Bertz CT molecular complexity index is 879. The van der Waals surface area contributed by atoms with E-state index in [-0.39, 0.29) is 0 Å². The van der Waals surface area contributed by atoms with E-state index in [1.165, 1.54) is 0 Å². The van der Waals surface area contributed by atoms with Crippen molar-refractivity contribution in [3.05, 3.63) is 24.2 Å². The first-order chi connectivity index (χ1) is 14.4. The van der Waals surface area contributed by atoms with Crippen molar-refractivity contribution >= 4 is 11.9 Å². The summed E-state index contributed by atoms with van der Waals surface area (Å²) in [5, 5.41) is 25.3. The Morgan fingerprint density at radius 2 is 1.90 bits per heavy atom. The fourth-order valence-corrected chi connectivity index (χ4v) is 3.14. The van der Waals surface area contributed by atoms with Crippen LogP contribution in [0, 0.1) is 6.92 Å². The van der Waals surface area contributed by atoms with Gasteiger partial charge in [0.05, 0.1) is 17.0 Å². The summed E-state index contributed by atoms with van der Waals surface area (Å²) in [6, 6.07) is 1.89. The molecule has 2 aromatic heterocycles. The van der Waals surface area contributed by atoms with Gasteiger partial charge >= 0.3 is 12.1 Å². The fraction of sp³-hybridized carbons (Fsp3) is 0.579. The van der Waals surface area contributed by atoms with Crippen molar-refractivity contribution in [3.8, 4) is 11.3 Å². The Morgan fingerprint density at radius 1 is 1.29 bits per heavy atom. The minimum absolute atomic E-state index is 0.572. The number of hydrogen-bond donors (Lipinski definition) is 3. The lowest BCUT2D eigenvalue weighted by Crippen LogP contribution is -2.43. The number of aromatic nitrogens is 4. The number of hydrogen-bond acceptors (Lipinski definition) is 7. The molecule has 12 heteroatoms. The molecule has 3 N–H and O–H groups in total. The minimum Gasteiger partial charge on any atom is -0.475 e. The second kappa shape index (κ2) is 10.1. The van der Waals surface area contributed by atoms with E-state index in [0.717, 1.165) is 42.9 Å². The molecular weight excluding hydrogens is 417 g/mol. The summed E-state index contributed by atoms with van der Waals surface area (Å²) < 4.78 is 33.5. The molecule has 0 bridgehead atoms. The Kier molecular flexibility index (Phi) is 7.96. The van der Waals surface area contributed by atoms with E-state index in [9.17, 15) is 18.3 Å². The van der Waals surface area contributed by atoms with Crippen LogP contribution >= 0.6 is 0 Å². The number of carbonyl (C=O) groups is 1. The summed E-state index contributed by atoms with van der Waals surface area (Å²) in [6.45, 7) is 4.53. The monoisotopic (exact) mass is 444 g/mol. The van der Waals surface area contributed by atoms with Crippen LogP contribution in [0.1, 0.15) is 25.0 Å². The molecule has 31 heavy (non-hydrogen) atoms. The molecule has 3 rings (SSSR count). The van der Waals surface area contributed by atoms with Crippen LogP contribution in [0.4, 0.5) is 19.1 Å². The van der Waals surface area contributed by atoms with E-state index in [1.54, 1.807) is 10.9 Å². The first-order valence-corrected chi connectivity index (χ1v) is 9.68. The molecule has 1 saturated heterocycles. The molecular formula is C19H27F3N6O3. The number of aliphatic carboxylic acids is 1. The fourth-order valence-electron chi connectivity index (χ4n) is 3.14. The highest BCUT2D eigenvalue weighted by Crippen LogP contribution is 2.25. The van der Waals surface area contributed by atoms with Crippen molar-refractivity contribution in [3.63, 3.8) is 0 Å². The van der Waals surface area contributed by atoms with Crippen molar-refractivity contribution in [2.45, 2.75) is 38.0 Å². The van der Waals surface area contributed by atoms with Crippen LogP contribution in [-0.2, 0) is 11.8 Å². The molecule has 0 saturated carbocycles. The molecule has 0 amide bonds. The van der Waals surface area contributed by atoms with E-state index in [4.69, 9.17) is 9.90 Å². The summed E-state index contributed by atoms with van der Waals surface area (Å²) in [5.41, 5.74) is 2.24. The van der Waals surface area contributed by atoms with Crippen molar-refractivity contribution in [2.75, 3.05) is 32.0 Å². The number of aryl methyl sites for hydroxylation is 2. The van der Waals surface area contributed by atoms with Crippen molar-refractivity contribution in [2.24, 2.45) is 7.05 Å². The summed E-state index contributed by atoms with van der Waals surface area (Å²) in [7, 11) is 4.00. The topological polar surface area (TPSA) is 116 Å². The summed E-state index contributed by atoms with van der Waals surface area (Å²) in [6.07, 6.45) is 0.979. The Hall–Kier alpha value is -2.73. The SMILES string of the molecule is Cc1nn(C)cc1-c1ccnc(NCCC2(O)CCN(C)CC2)n1.O=C(O)C(F)(F)F.